The summed E-state index contributed by atoms with van der Waals surface area (Å²) in [6, 6.07) is 15.5. The first-order valence-corrected chi connectivity index (χ1v) is 12.1. The van der Waals surface area contributed by atoms with Crippen LogP contribution in [-0.4, -0.2) is 39.9 Å². The SMILES string of the molecule is CC(C)COc1cccc(C2/C(=C(/O)c3ccc4c(c3)CCO4)C(=O)C(=O)N2Cc2ccncc2)c1. The Bertz CT molecular complexity index is 1330. The number of hydrogen-bond acceptors (Lipinski definition) is 6. The van der Waals surface area contributed by atoms with E-state index in [1.54, 1.807) is 36.7 Å². The number of aliphatic hydroxyl groups is 1. The predicted molar refractivity (Wildman–Crippen MR) is 134 cm³/mol. The second-order valence-corrected chi connectivity index (χ2v) is 9.48. The molecule has 3 heterocycles. The average Bonchev–Trinajstić information content (AvgIpc) is 3.46. The number of fused-ring (bicyclic) bond motifs is 1. The van der Waals surface area contributed by atoms with Crippen LogP contribution in [0.5, 0.6) is 11.5 Å². The monoisotopic (exact) mass is 484 g/mol. The van der Waals surface area contributed by atoms with Crippen molar-refractivity contribution in [3.05, 3.63) is 94.8 Å². The van der Waals surface area contributed by atoms with Gasteiger partial charge in [-0.1, -0.05) is 26.0 Å². The summed E-state index contributed by atoms with van der Waals surface area (Å²) < 4.78 is 11.5. The van der Waals surface area contributed by atoms with Crippen LogP contribution in [0.15, 0.2) is 72.6 Å². The molecule has 2 aromatic carbocycles. The van der Waals surface area contributed by atoms with Crippen LogP contribution in [0.4, 0.5) is 0 Å². The van der Waals surface area contributed by atoms with Crippen molar-refractivity contribution in [1.29, 1.82) is 0 Å². The van der Waals surface area contributed by atoms with Gasteiger partial charge in [0.25, 0.3) is 11.7 Å². The first kappa shape index (κ1) is 23.6. The molecule has 1 saturated heterocycles. The van der Waals surface area contributed by atoms with Crippen molar-refractivity contribution in [2.24, 2.45) is 5.92 Å². The van der Waals surface area contributed by atoms with Crippen molar-refractivity contribution in [1.82, 2.24) is 9.88 Å². The number of carbonyl (C=O) groups excluding carboxylic acids is 2. The van der Waals surface area contributed by atoms with Gasteiger partial charge in [0.1, 0.15) is 17.3 Å². The van der Waals surface area contributed by atoms with E-state index in [1.165, 1.54) is 4.90 Å². The standard InChI is InChI=1S/C29H28N2O5/c1-18(2)17-36-23-5-3-4-21(15-23)26-25(27(32)22-6-7-24-20(14-22)10-13-35-24)28(33)29(34)31(26)16-19-8-11-30-12-9-19/h3-9,11-12,14-15,18,26,32H,10,13,16-17H2,1-2H3/b27-25-. The molecule has 7 nitrogen and oxygen atoms in total. The highest BCUT2D eigenvalue weighted by Gasteiger charge is 2.46. The molecule has 0 radical (unpaired) electrons. The van der Waals surface area contributed by atoms with E-state index in [-0.39, 0.29) is 17.9 Å². The summed E-state index contributed by atoms with van der Waals surface area (Å²) in [4.78, 5) is 32.2. The lowest BCUT2D eigenvalue weighted by molar-refractivity contribution is -0.140. The lowest BCUT2D eigenvalue weighted by Gasteiger charge is -2.26. The lowest BCUT2D eigenvalue weighted by Crippen LogP contribution is -2.29. The zero-order valence-electron chi connectivity index (χ0n) is 20.3. The van der Waals surface area contributed by atoms with Gasteiger partial charge in [0.15, 0.2) is 0 Å². The second kappa shape index (κ2) is 9.85. The molecule has 1 unspecified atom stereocenters. The highest BCUT2D eigenvalue weighted by molar-refractivity contribution is 6.46. The fourth-order valence-corrected chi connectivity index (χ4v) is 4.60. The molecule has 3 aromatic rings. The Labute approximate surface area is 210 Å². The number of pyridine rings is 1. The number of benzene rings is 2. The van der Waals surface area contributed by atoms with Crippen molar-refractivity contribution in [3.63, 3.8) is 0 Å². The summed E-state index contributed by atoms with van der Waals surface area (Å²) in [5, 5.41) is 11.4. The van der Waals surface area contributed by atoms with E-state index in [0.29, 0.717) is 36.0 Å². The van der Waals surface area contributed by atoms with Crippen LogP contribution in [0.1, 0.15) is 42.1 Å². The molecule has 184 valence electrons. The quantitative estimate of drug-likeness (QED) is 0.298. The van der Waals surface area contributed by atoms with Crippen molar-refractivity contribution in [3.8, 4) is 11.5 Å². The van der Waals surface area contributed by atoms with Gasteiger partial charge in [0.2, 0.25) is 0 Å². The number of nitrogens with zero attached hydrogens (tertiary/aromatic N) is 2. The summed E-state index contributed by atoms with van der Waals surface area (Å²) in [6.45, 7) is 5.45. The third kappa shape index (κ3) is 4.56. The van der Waals surface area contributed by atoms with E-state index < -0.39 is 17.7 Å². The Morgan fingerprint density at radius 3 is 2.72 bits per heavy atom. The van der Waals surface area contributed by atoms with Crippen molar-refractivity contribution in [2.45, 2.75) is 32.9 Å². The molecule has 0 saturated carbocycles. The first-order valence-electron chi connectivity index (χ1n) is 12.1. The van der Waals surface area contributed by atoms with E-state index in [2.05, 4.69) is 18.8 Å². The van der Waals surface area contributed by atoms with E-state index in [4.69, 9.17) is 9.47 Å². The number of hydrogen-bond donors (Lipinski definition) is 1. The van der Waals surface area contributed by atoms with Crippen molar-refractivity contribution < 1.29 is 24.2 Å². The van der Waals surface area contributed by atoms with Crippen LogP contribution in [0.2, 0.25) is 0 Å². The number of aromatic nitrogens is 1. The van der Waals surface area contributed by atoms with E-state index in [9.17, 15) is 14.7 Å². The number of ketones is 1. The zero-order valence-corrected chi connectivity index (χ0v) is 20.3. The van der Waals surface area contributed by atoms with Gasteiger partial charge >= 0.3 is 0 Å². The van der Waals surface area contributed by atoms with Gasteiger partial charge in [-0.2, -0.15) is 0 Å². The largest absolute Gasteiger partial charge is 0.507 e. The topological polar surface area (TPSA) is 89.0 Å². The summed E-state index contributed by atoms with van der Waals surface area (Å²) >= 11 is 0. The molecule has 1 aromatic heterocycles. The molecule has 36 heavy (non-hydrogen) atoms. The van der Waals surface area contributed by atoms with Gasteiger partial charge in [0.05, 0.1) is 24.8 Å². The fourth-order valence-electron chi connectivity index (χ4n) is 4.60. The molecule has 0 bridgehead atoms. The normalized spacial score (nSPS) is 18.4. The van der Waals surface area contributed by atoms with E-state index in [1.807, 2.05) is 30.3 Å². The Balaban J connectivity index is 1.61. The third-order valence-electron chi connectivity index (χ3n) is 6.36. The summed E-state index contributed by atoms with van der Waals surface area (Å²) in [6.07, 6.45) is 4.02. The molecular formula is C29H28N2O5. The van der Waals surface area contributed by atoms with Gasteiger partial charge in [-0.25, -0.2) is 0 Å². The molecule has 7 heteroatoms. The Hall–Kier alpha value is -4.13. The average molecular weight is 485 g/mol. The first-order chi connectivity index (χ1) is 17.4. The zero-order chi connectivity index (χ0) is 25.2. The number of amides is 1. The molecule has 0 spiro atoms. The van der Waals surface area contributed by atoms with Crippen LogP contribution in [-0.2, 0) is 22.6 Å². The Morgan fingerprint density at radius 1 is 1.14 bits per heavy atom. The van der Waals surface area contributed by atoms with Gasteiger partial charge < -0.3 is 19.5 Å². The second-order valence-electron chi connectivity index (χ2n) is 9.48. The third-order valence-corrected chi connectivity index (χ3v) is 6.36. The van der Waals surface area contributed by atoms with Crippen LogP contribution in [0.25, 0.3) is 5.76 Å². The highest BCUT2D eigenvalue weighted by atomic mass is 16.5. The number of carbonyl (C=O) groups is 2. The summed E-state index contributed by atoms with van der Waals surface area (Å²) in [5.41, 5.74) is 3.03. The highest BCUT2D eigenvalue weighted by Crippen LogP contribution is 2.41. The molecule has 5 rings (SSSR count). The lowest BCUT2D eigenvalue weighted by atomic mass is 9.94. The number of ether oxygens (including phenoxy) is 2. The molecule has 1 N–H and O–H groups in total. The maximum atomic E-state index is 13.4. The number of rotatable bonds is 7. The maximum Gasteiger partial charge on any atom is 0.295 e. The van der Waals surface area contributed by atoms with E-state index >= 15 is 0 Å². The Kier molecular flexibility index (Phi) is 6.46. The molecular weight excluding hydrogens is 456 g/mol. The minimum atomic E-state index is -0.773. The maximum absolute atomic E-state index is 13.4. The Morgan fingerprint density at radius 2 is 1.94 bits per heavy atom. The predicted octanol–water partition coefficient (Wildman–Crippen LogP) is 4.67. The van der Waals surface area contributed by atoms with Gasteiger partial charge in [-0.3, -0.25) is 14.6 Å². The minimum Gasteiger partial charge on any atom is -0.507 e. The van der Waals surface area contributed by atoms with E-state index in [0.717, 1.165) is 23.3 Å². The molecule has 1 fully saturated rings. The molecule has 1 atom stereocenters. The van der Waals surface area contributed by atoms with Gasteiger partial charge in [-0.15, -0.1) is 0 Å². The molecule has 2 aliphatic rings. The van der Waals surface area contributed by atoms with Crippen LogP contribution in [0.3, 0.4) is 0 Å². The fraction of sp³-hybridized carbons (Fsp3) is 0.276. The molecule has 0 aliphatic carbocycles. The molecule has 1 amide bonds. The molecule has 2 aliphatic heterocycles. The van der Waals surface area contributed by atoms with Crippen molar-refractivity contribution in [2.75, 3.05) is 13.2 Å². The van der Waals surface area contributed by atoms with Crippen LogP contribution >= 0.6 is 0 Å². The summed E-state index contributed by atoms with van der Waals surface area (Å²) in [5.74, 6) is 0.198. The van der Waals surface area contributed by atoms with Crippen LogP contribution < -0.4 is 9.47 Å². The van der Waals surface area contributed by atoms with Crippen molar-refractivity contribution >= 4 is 17.4 Å². The summed E-state index contributed by atoms with van der Waals surface area (Å²) in [7, 11) is 0. The smallest absolute Gasteiger partial charge is 0.295 e. The number of aliphatic hydroxyl groups excluding tert-OH is 1. The van der Waals surface area contributed by atoms with Gasteiger partial charge in [-0.05, 0) is 65.1 Å². The van der Waals surface area contributed by atoms with Crippen LogP contribution in [0, 0.1) is 5.92 Å². The number of likely N-dealkylation sites (tertiary alicyclic amines) is 1. The van der Waals surface area contributed by atoms with Gasteiger partial charge in [0, 0.05) is 30.9 Å². The number of Topliss-reactive ketones (excluding diaryl/α,β-unsaturated/α-hetero) is 1. The minimum absolute atomic E-state index is 0.0638.